The van der Waals surface area contributed by atoms with Crippen LogP contribution in [0.15, 0.2) is 6.08 Å². The lowest BCUT2D eigenvalue weighted by Gasteiger charge is -2.24. The minimum absolute atomic E-state index is 2.86. The highest BCUT2D eigenvalue weighted by molar-refractivity contribution is 7.87. The average Bonchev–Trinajstić information content (AvgIpc) is 2.43. The Morgan fingerprint density at radius 1 is 0.760 bits per heavy atom. The van der Waals surface area contributed by atoms with Crippen molar-refractivity contribution in [3.63, 3.8) is 0 Å². The lowest BCUT2D eigenvalue weighted by Crippen LogP contribution is -2.44. The zero-order valence-electron chi connectivity index (χ0n) is 10.8. The third-order valence-electron chi connectivity index (χ3n) is 2.63. The molecule has 0 aliphatic rings. The fraction of sp³-hybridized carbons (Fsp3) is 0.200. The summed E-state index contributed by atoms with van der Waals surface area (Å²) in [6.45, 7) is 0. The molecule has 0 radical (unpaired) electrons. The first-order chi connectivity index (χ1) is 11.0. The van der Waals surface area contributed by atoms with Crippen LogP contribution < -0.4 is 0 Å². The summed E-state index contributed by atoms with van der Waals surface area (Å²) < 4.78 is 175. The van der Waals surface area contributed by atoms with Crippen LogP contribution in [0.4, 0.5) is 52.2 Å². The third-order valence-corrected chi connectivity index (χ3v) is 3.50. The third kappa shape index (κ3) is 3.04. The summed E-state index contributed by atoms with van der Waals surface area (Å²) in [5.74, 6) is -23.7. The van der Waals surface area contributed by atoms with Gasteiger partial charge in [-0.1, -0.05) is 3.89 Å². The number of benzene rings is 1. The molecular weight excluding hydrogens is 412 g/mol. The highest BCUT2D eigenvalue weighted by Gasteiger charge is 2.70. The Bertz CT molecular complexity index is 824. The molecule has 15 heteroatoms. The smallest absolute Gasteiger partial charge is 0.203 e. The minimum atomic E-state index is -7.57. The van der Waals surface area contributed by atoms with Crippen LogP contribution in [0.3, 0.4) is 0 Å². The zero-order chi connectivity index (χ0) is 20.1. The molecule has 0 aliphatic carbocycles. The fourth-order valence-electron chi connectivity index (χ4n) is 1.49. The molecule has 0 atom stereocenters. The molecule has 1 aromatic rings. The van der Waals surface area contributed by atoms with Gasteiger partial charge in [0.15, 0.2) is 23.3 Å². The van der Waals surface area contributed by atoms with Crippen LogP contribution in [0, 0.1) is 23.3 Å². The summed E-state index contributed by atoms with van der Waals surface area (Å²) >= 11 is 0. The van der Waals surface area contributed by atoms with Gasteiger partial charge in [-0.15, -0.1) is 0 Å². The molecular formula is C10F12O2S. The Labute approximate surface area is 129 Å². The van der Waals surface area contributed by atoms with Crippen molar-refractivity contribution in [1.82, 2.24) is 0 Å². The Morgan fingerprint density at radius 2 is 1.12 bits per heavy atom. The second-order valence-electron chi connectivity index (χ2n) is 4.11. The maximum atomic E-state index is 13.4. The van der Waals surface area contributed by atoms with Crippen molar-refractivity contribution in [3.05, 3.63) is 40.5 Å². The lowest BCUT2D eigenvalue weighted by atomic mass is 10.0. The second-order valence-corrected chi connectivity index (χ2v) is 5.50. The van der Waals surface area contributed by atoms with E-state index in [0.717, 1.165) is 0 Å². The van der Waals surface area contributed by atoms with E-state index in [1.54, 1.807) is 0 Å². The molecule has 1 rings (SSSR count). The zero-order valence-corrected chi connectivity index (χ0v) is 11.6. The van der Waals surface area contributed by atoms with Crippen molar-refractivity contribution < 1.29 is 60.6 Å². The van der Waals surface area contributed by atoms with E-state index in [2.05, 4.69) is 0 Å². The maximum Gasteiger partial charge on any atom is 0.440 e. The normalized spacial score (nSPS) is 13.1. The van der Waals surface area contributed by atoms with Gasteiger partial charge in [-0.05, 0) is 0 Å². The number of alkyl halides is 4. The van der Waals surface area contributed by atoms with Gasteiger partial charge >= 0.3 is 27.5 Å². The number of rotatable bonds is 4. The molecule has 1 aromatic carbocycles. The predicted octanol–water partition coefficient (Wildman–Crippen LogP) is 4.76. The summed E-state index contributed by atoms with van der Waals surface area (Å²) in [7, 11) is -7.57. The molecule has 0 bridgehead atoms. The van der Waals surface area contributed by atoms with Gasteiger partial charge in [0, 0.05) is 0 Å². The molecule has 0 unspecified atom stereocenters. The Morgan fingerprint density at radius 3 is 1.40 bits per heavy atom. The molecule has 142 valence electrons. The van der Waals surface area contributed by atoms with Crippen molar-refractivity contribution in [2.45, 2.75) is 11.2 Å². The highest BCUT2D eigenvalue weighted by atomic mass is 32.3. The molecule has 0 saturated carbocycles. The maximum absolute atomic E-state index is 13.4. The molecule has 0 N–H and O–H groups in total. The topological polar surface area (TPSA) is 34.1 Å². The van der Waals surface area contributed by atoms with Crippen molar-refractivity contribution in [2.75, 3.05) is 0 Å². The van der Waals surface area contributed by atoms with E-state index in [1.807, 2.05) is 0 Å². The first-order valence-corrected chi connectivity index (χ1v) is 6.65. The quantitative estimate of drug-likeness (QED) is 0.406. The molecule has 0 spiro atoms. The van der Waals surface area contributed by atoms with Crippen LogP contribution in [0.25, 0.3) is 5.83 Å². The molecule has 0 fully saturated rings. The summed E-state index contributed by atoms with van der Waals surface area (Å²) in [5.41, 5.74) is -6.51. The predicted molar refractivity (Wildman–Crippen MR) is 55.4 cm³/mol. The molecule has 0 heterocycles. The van der Waals surface area contributed by atoms with E-state index in [4.69, 9.17) is 0 Å². The molecule has 0 aromatic heterocycles. The van der Waals surface area contributed by atoms with Crippen molar-refractivity contribution >= 4 is 16.1 Å². The van der Waals surface area contributed by atoms with Crippen LogP contribution in [-0.4, -0.2) is 13.7 Å². The van der Waals surface area contributed by atoms with Crippen LogP contribution in [0.5, 0.6) is 0 Å². The fourth-order valence-corrected chi connectivity index (χ4v) is 1.90. The van der Waals surface area contributed by atoms with Crippen molar-refractivity contribution in [3.8, 4) is 0 Å². The monoisotopic (exact) mass is 412 g/mol. The molecule has 0 aliphatic heterocycles. The Balaban J connectivity index is 3.98. The standard InChI is InChI=1S/C10F12O2S/c11-3-1(5(13)8(16)17)4(12)7(15)2(6(3)14)9(18,19)10(20,21)25(22,23)24. The van der Waals surface area contributed by atoms with Crippen LogP contribution >= 0.6 is 0 Å². The van der Waals surface area contributed by atoms with E-state index < -0.39 is 67.7 Å². The van der Waals surface area contributed by atoms with Gasteiger partial charge < -0.3 is 0 Å². The molecule has 2 nitrogen and oxygen atoms in total. The summed E-state index contributed by atoms with van der Waals surface area (Å²) in [4.78, 5) is 0. The first kappa shape index (κ1) is 21.1. The van der Waals surface area contributed by atoms with Gasteiger partial charge in [0.2, 0.25) is 5.83 Å². The summed E-state index contributed by atoms with van der Waals surface area (Å²) in [6, 6.07) is 0. The first-order valence-electron chi connectivity index (χ1n) is 5.27. The van der Waals surface area contributed by atoms with Crippen molar-refractivity contribution in [1.29, 1.82) is 0 Å². The minimum Gasteiger partial charge on any atom is -0.203 e. The Hall–Kier alpha value is -1.93. The Kier molecular flexibility index (Phi) is 5.15. The van der Waals surface area contributed by atoms with Gasteiger partial charge in [-0.2, -0.15) is 34.8 Å². The number of hydrogen-bond acceptors (Lipinski definition) is 2. The number of halogens is 12. The van der Waals surface area contributed by atoms with Gasteiger partial charge in [0.05, 0.1) is 5.56 Å². The van der Waals surface area contributed by atoms with E-state index in [1.165, 1.54) is 0 Å². The SMILES string of the molecule is O=S(=O)(F)C(F)(F)C(F)(F)c1c(F)c(F)c(C(F)=C(F)F)c(F)c1F. The van der Waals surface area contributed by atoms with Crippen molar-refractivity contribution in [2.24, 2.45) is 0 Å². The molecule has 0 saturated heterocycles. The highest BCUT2D eigenvalue weighted by Crippen LogP contribution is 2.50. The van der Waals surface area contributed by atoms with E-state index >= 15 is 0 Å². The van der Waals surface area contributed by atoms with Gasteiger partial charge in [0.1, 0.15) is 5.56 Å². The molecule has 0 amide bonds. The second kappa shape index (κ2) is 6.10. The number of hydrogen-bond donors (Lipinski definition) is 0. The van der Waals surface area contributed by atoms with E-state index in [-0.39, 0.29) is 0 Å². The average molecular weight is 412 g/mol. The largest absolute Gasteiger partial charge is 0.440 e. The van der Waals surface area contributed by atoms with Gasteiger partial charge in [-0.25, -0.2) is 22.0 Å². The summed E-state index contributed by atoms with van der Waals surface area (Å²) in [5, 5.41) is -6.91. The lowest BCUT2D eigenvalue weighted by molar-refractivity contribution is -0.169. The van der Waals surface area contributed by atoms with Crippen LogP contribution in [-0.2, 0) is 16.1 Å². The molecule has 25 heavy (non-hydrogen) atoms. The van der Waals surface area contributed by atoms with E-state index in [9.17, 15) is 60.6 Å². The van der Waals surface area contributed by atoms with Crippen LogP contribution in [0.1, 0.15) is 11.1 Å². The van der Waals surface area contributed by atoms with Gasteiger partial charge in [-0.3, -0.25) is 0 Å². The van der Waals surface area contributed by atoms with E-state index in [0.29, 0.717) is 0 Å². The summed E-state index contributed by atoms with van der Waals surface area (Å²) in [6.07, 6.45) is -3.56. The van der Waals surface area contributed by atoms with Crippen LogP contribution in [0.2, 0.25) is 0 Å². The van der Waals surface area contributed by atoms with Gasteiger partial charge in [0.25, 0.3) is 0 Å².